The summed E-state index contributed by atoms with van der Waals surface area (Å²) < 4.78 is 29.5. The molecule has 0 aromatic heterocycles. The van der Waals surface area contributed by atoms with E-state index in [1.807, 2.05) is 13.0 Å². The first-order chi connectivity index (χ1) is 13.2. The maximum atomic E-state index is 12.9. The predicted octanol–water partition coefficient (Wildman–Crippen LogP) is 3.90. The lowest BCUT2D eigenvalue weighted by Gasteiger charge is -2.28. The Morgan fingerprint density at radius 2 is 2.00 bits per heavy atom. The quantitative estimate of drug-likeness (QED) is 0.681. The van der Waals surface area contributed by atoms with E-state index in [-0.39, 0.29) is 36.6 Å². The molecule has 1 fully saturated rings. The summed E-state index contributed by atoms with van der Waals surface area (Å²) in [6.07, 6.45) is 0.425. The number of aryl methyl sites for hydroxylation is 1. The van der Waals surface area contributed by atoms with Crippen LogP contribution in [0.3, 0.4) is 0 Å². The number of amides is 1. The van der Waals surface area contributed by atoms with E-state index in [9.17, 15) is 13.2 Å². The second-order valence-electron chi connectivity index (χ2n) is 6.91. The van der Waals surface area contributed by atoms with Crippen LogP contribution < -0.4 is 4.74 Å². The van der Waals surface area contributed by atoms with Gasteiger partial charge in [0.25, 0.3) is 5.91 Å². The molecule has 0 N–H and O–H groups in total. The van der Waals surface area contributed by atoms with Gasteiger partial charge in [0.1, 0.15) is 5.75 Å². The van der Waals surface area contributed by atoms with Crippen LogP contribution in [0, 0.1) is 6.92 Å². The van der Waals surface area contributed by atoms with Crippen molar-refractivity contribution in [1.29, 1.82) is 0 Å². The van der Waals surface area contributed by atoms with Crippen LogP contribution in [-0.2, 0) is 21.2 Å². The highest BCUT2D eigenvalue weighted by atomic mass is 35.5. The molecule has 3 rings (SSSR count). The molecular formula is C20H21Cl2NO4S. The van der Waals surface area contributed by atoms with Crippen molar-refractivity contribution in [2.75, 3.05) is 18.1 Å². The van der Waals surface area contributed by atoms with Gasteiger partial charge in [-0.3, -0.25) is 4.79 Å². The molecule has 1 unspecified atom stereocenters. The number of nitrogens with zero attached hydrogens (tertiary/aromatic N) is 1. The first-order valence-electron chi connectivity index (χ1n) is 8.87. The zero-order chi connectivity index (χ0) is 20.3. The Morgan fingerprint density at radius 1 is 1.21 bits per heavy atom. The maximum absolute atomic E-state index is 12.9. The van der Waals surface area contributed by atoms with Gasteiger partial charge in [-0.25, -0.2) is 8.42 Å². The minimum atomic E-state index is -3.13. The molecule has 0 spiro atoms. The lowest BCUT2D eigenvalue weighted by Crippen LogP contribution is -2.43. The van der Waals surface area contributed by atoms with Crippen molar-refractivity contribution in [3.63, 3.8) is 0 Å². The van der Waals surface area contributed by atoms with Crippen molar-refractivity contribution in [1.82, 2.24) is 4.90 Å². The van der Waals surface area contributed by atoms with E-state index in [0.29, 0.717) is 22.2 Å². The monoisotopic (exact) mass is 441 g/mol. The van der Waals surface area contributed by atoms with Crippen molar-refractivity contribution in [3.8, 4) is 5.75 Å². The van der Waals surface area contributed by atoms with Gasteiger partial charge < -0.3 is 9.64 Å². The molecule has 0 aliphatic carbocycles. The normalized spacial score (nSPS) is 18.0. The van der Waals surface area contributed by atoms with E-state index in [2.05, 4.69) is 0 Å². The summed E-state index contributed by atoms with van der Waals surface area (Å²) in [5.74, 6) is 0.333. The van der Waals surface area contributed by atoms with Crippen LogP contribution in [0.25, 0.3) is 0 Å². The molecule has 1 aliphatic heterocycles. The van der Waals surface area contributed by atoms with Crippen molar-refractivity contribution >= 4 is 38.9 Å². The Kier molecular flexibility index (Phi) is 6.53. The number of benzene rings is 2. The number of rotatable bonds is 6. The summed E-state index contributed by atoms with van der Waals surface area (Å²) in [4.78, 5) is 14.5. The van der Waals surface area contributed by atoms with Crippen LogP contribution in [0.5, 0.6) is 5.75 Å². The van der Waals surface area contributed by atoms with Crippen LogP contribution >= 0.6 is 23.2 Å². The molecule has 0 radical (unpaired) electrons. The first kappa shape index (κ1) is 21.0. The van der Waals surface area contributed by atoms with Crippen LogP contribution in [0.4, 0.5) is 0 Å². The molecule has 8 heteroatoms. The number of carbonyl (C=O) groups excluding carboxylic acids is 1. The van der Waals surface area contributed by atoms with Gasteiger partial charge in [-0.2, -0.15) is 0 Å². The number of halogens is 2. The Bertz CT molecular complexity index is 978. The van der Waals surface area contributed by atoms with Gasteiger partial charge in [0, 0.05) is 22.6 Å². The third-order valence-corrected chi connectivity index (χ3v) is 7.11. The summed E-state index contributed by atoms with van der Waals surface area (Å²) in [5.41, 5.74) is 1.69. The molecule has 2 aromatic rings. The SMILES string of the molecule is Cc1cc(OCC(=O)N(Cc2cccc(Cl)c2)C2CCS(=O)(=O)C2)ccc1Cl. The number of ether oxygens (including phenoxy) is 1. The number of hydrogen-bond acceptors (Lipinski definition) is 4. The minimum absolute atomic E-state index is 0.0284. The third kappa shape index (κ3) is 5.40. The summed E-state index contributed by atoms with van der Waals surface area (Å²) >= 11 is 12.1. The largest absolute Gasteiger partial charge is 0.484 e. The third-order valence-electron chi connectivity index (χ3n) is 4.70. The minimum Gasteiger partial charge on any atom is -0.484 e. The highest BCUT2D eigenvalue weighted by Crippen LogP contribution is 2.23. The van der Waals surface area contributed by atoms with Gasteiger partial charge in [-0.15, -0.1) is 0 Å². The lowest BCUT2D eigenvalue weighted by molar-refractivity contribution is -0.136. The summed E-state index contributed by atoms with van der Waals surface area (Å²) in [6.45, 7) is 1.95. The van der Waals surface area contributed by atoms with E-state index in [1.54, 1.807) is 41.3 Å². The molecule has 1 aliphatic rings. The fourth-order valence-corrected chi connectivity index (χ4v) is 5.27. The molecule has 150 valence electrons. The first-order valence-corrected chi connectivity index (χ1v) is 11.4. The highest BCUT2D eigenvalue weighted by Gasteiger charge is 2.34. The fourth-order valence-electron chi connectivity index (χ4n) is 3.21. The van der Waals surface area contributed by atoms with E-state index < -0.39 is 9.84 Å². The van der Waals surface area contributed by atoms with Gasteiger partial charge in [-0.1, -0.05) is 35.3 Å². The Labute approximate surface area is 175 Å². The lowest BCUT2D eigenvalue weighted by atomic mass is 10.1. The van der Waals surface area contributed by atoms with Crippen molar-refractivity contribution < 1.29 is 17.9 Å². The van der Waals surface area contributed by atoms with Gasteiger partial charge in [0.2, 0.25) is 0 Å². The van der Waals surface area contributed by atoms with Gasteiger partial charge in [-0.05, 0) is 54.8 Å². The molecule has 1 saturated heterocycles. The topological polar surface area (TPSA) is 63.7 Å². The molecule has 1 atom stereocenters. The van der Waals surface area contributed by atoms with Crippen LogP contribution in [0.1, 0.15) is 17.5 Å². The molecule has 5 nitrogen and oxygen atoms in total. The maximum Gasteiger partial charge on any atom is 0.261 e. The number of sulfone groups is 1. The van der Waals surface area contributed by atoms with Crippen molar-refractivity contribution in [2.45, 2.75) is 25.9 Å². The average molecular weight is 442 g/mol. The predicted molar refractivity (Wildman–Crippen MR) is 111 cm³/mol. The molecule has 1 heterocycles. The molecule has 0 saturated carbocycles. The van der Waals surface area contributed by atoms with Crippen LogP contribution in [-0.4, -0.2) is 43.4 Å². The van der Waals surface area contributed by atoms with Gasteiger partial charge >= 0.3 is 0 Å². The zero-order valence-corrected chi connectivity index (χ0v) is 17.7. The molecule has 28 heavy (non-hydrogen) atoms. The van der Waals surface area contributed by atoms with Crippen molar-refractivity contribution in [3.05, 3.63) is 63.6 Å². The Morgan fingerprint density at radius 3 is 2.64 bits per heavy atom. The average Bonchev–Trinajstić information content (AvgIpc) is 3.00. The molecule has 2 aromatic carbocycles. The molecule has 1 amide bonds. The Balaban J connectivity index is 1.75. The second-order valence-corrected chi connectivity index (χ2v) is 9.98. The number of hydrogen-bond donors (Lipinski definition) is 0. The van der Waals surface area contributed by atoms with Gasteiger partial charge in [0.15, 0.2) is 16.4 Å². The highest BCUT2D eigenvalue weighted by molar-refractivity contribution is 7.91. The van der Waals surface area contributed by atoms with E-state index in [1.165, 1.54) is 0 Å². The van der Waals surface area contributed by atoms with Crippen molar-refractivity contribution in [2.24, 2.45) is 0 Å². The van der Waals surface area contributed by atoms with Crippen LogP contribution in [0.15, 0.2) is 42.5 Å². The van der Waals surface area contributed by atoms with Gasteiger partial charge in [0.05, 0.1) is 11.5 Å². The fraction of sp³-hybridized carbons (Fsp3) is 0.350. The van der Waals surface area contributed by atoms with Crippen LogP contribution in [0.2, 0.25) is 10.0 Å². The van der Waals surface area contributed by atoms with E-state index >= 15 is 0 Å². The number of carbonyl (C=O) groups is 1. The standard InChI is InChI=1S/C20H21Cl2NO4S/c1-14-9-18(5-6-19(14)22)27-12-20(24)23(17-7-8-28(25,26)13-17)11-15-3-2-4-16(21)10-15/h2-6,9-10,17H,7-8,11-13H2,1H3. The zero-order valence-electron chi connectivity index (χ0n) is 15.4. The second kappa shape index (κ2) is 8.72. The molecule has 0 bridgehead atoms. The summed E-state index contributed by atoms with van der Waals surface area (Å²) in [7, 11) is -3.13. The van der Waals surface area contributed by atoms with E-state index in [4.69, 9.17) is 27.9 Å². The molecular weight excluding hydrogens is 421 g/mol. The Hall–Kier alpha value is -1.76. The summed E-state index contributed by atoms with van der Waals surface area (Å²) in [6, 6.07) is 12.0. The summed E-state index contributed by atoms with van der Waals surface area (Å²) in [5, 5.41) is 1.19. The van der Waals surface area contributed by atoms with E-state index in [0.717, 1.165) is 11.1 Å². The smallest absolute Gasteiger partial charge is 0.261 e.